The van der Waals surface area contributed by atoms with Gasteiger partial charge in [-0.2, -0.15) is 0 Å². The summed E-state index contributed by atoms with van der Waals surface area (Å²) >= 11 is 1.46. The molecule has 5 nitrogen and oxygen atoms in total. The summed E-state index contributed by atoms with van der Waals surface area (Å²) in [5.41, 5.74) is 2.50. The molecule has 7 heteroatoms. The molecule has 0 bridgehead atoms. The number of H-pyrrole nitrogens is 1. The van der Waals surface area contributed by atoms with E-state index in [1.165, 1.54) is 23.9 Å². The first kappa shape index (κ1) is 20.8. The van der Waals surface area contributed by atoms with E-state index < -0.39 is 0 Å². The van der Waals surface area contributed by atoms with Gasteiger partial charge in [0.05, 0.1) is 6.42 Å². The van der Waals surface area contributed by atoms with E-state index in [9.17, 15) is 14.0 Å². The van der Waals surface area contributed by atoms with Gasteiger partial charge in [0.1, 0.15) is 5.82 Å². The number of nitrogens with one attached hydrogen (secondary N) is 2. The minimum absolute atomic E-state index is 0.0610. The highest BCUT2D eigenvalue weighted by Gasteiger charge is 2.15. The van der Waals surface area contributed by atoms with Crippen LogP contribution >= 0.6 is 11.8 Å². The van der Waals surface area contributed by atoms with Gasteiger partial charge >= 0.3 is 0 Å². The summed E-state index contributed by atoms with van der Waals surface area (Å²) in [5, 5.41) is 3.40. The van der Waals surface area contributed by atoms with Gasteiger partial charge in [-0.05, 0) is 37.1 Å². The van der Waals surface area contributed by atoms with E-state index in [0.717, 1.165) is 11.1 Å². The van der Waals surface area contributed by atoms with Crippen LogP contribution in [0.25, 0.3) is 0 Å². The molecule has 0 spiro atoms. The second-order valence-electron chi connectivity index (χ2n) is 6.69. The highest BCUT2D eigenvalue weighted by atomic mass is 32.2. The van der Waals surface area contributed by atoms with Gasteiger partial charge in [0, 0.05) is 23.1 Å². The number of carbonyl (C=O) groups is 1. The number of benzene rings is 2. The van der Waals surface area contributed by atoms with Gasteiger partial charge in [-0.3, -0.25) is 9.59 Å². The molecule has 29 heavy (non-hydrogen) atoms. The zero-order valence-corrected chi connectivity index (χ0v) is 17.1. The van der Waals surface area contributed by atoms with E-state index in [2.05, 4.69) is 15.3 Å². The normalized spacial score (nSPS) is 11.8. The van der Waals surface area contributed by atoms with Crippen LogP contribution in [0.4, 0.5) is 4.39 Å². The van der Waals surface area contributed by atoms with Crippen molar-refractivity contribution in [1.29, 1.82) is 0 Å². The van der Waals surface area contributed by atoms with Crippen molar-refractivity contribution in [1.82, 2.24) is 15.3 Å². The molecule has 0 saturated heterocycles. The third-order valence-corrected chi connectivity index (χ3v) is 5.54. The lowest BCUT2D eigenvalue weighted by atomic mass is 10.1. The number of aryl methyl sites for hydroxylation is 1. The Morgan fingerprint density at radius 1 is 1.17 bits per heavy atom. The first-order valence-corrected chi connectivity index (χ1v) is 10.1. The molecule has 0 aliphatic heterocycles. The Labute approximate surface area is 172 Å². The van der Waals surface area contributed by atoms with E-state index in [1.807, 2.05) is 37.3 Å². The Morgan fingerprint density at radius 3 is 2.52 bits per heavy atom. The van der Waals surface area contributed by atoms with Crippen molar-refractivity contribution < 1.29 is 9.18 Å². The minimum Gasteiger partial charge on any atom is -0.352 e. The molecule has 0 unspecified atom stereocenters. The Morgan fingerprint density at radius 2 is 1.86 bits per heavy atom. The SMILES string of the molecule is Cc1nc(S[C@H](C)c2ccccc2)[nH]c(=O)c1CC(=O)NCc1ccc(F)cc1. The van der Waals surface area contributed by atoms with Crippen LogP contribution in [0.3, 0.4) is 0 Å². The van der Waals surface area contributed by atoms with Gasteiger partial charge in [0.25, 0.3) is 5.56 Å². The summed E-state index contributed by atoms with van der Waals surface area (Å²) in [5.74, 6) is -0.615. The molecule has 0 saturated carbocycles. The highest BCUT2D eigenvalue weighted by Crippen LogP contribution is 2.32. The van der Waals surface area contributed by atoms with Crippen LogP contribution in [0.1, 0.15) is 34.6 Å². The fourth-order valence-electron chi connectivity index (χ4n) is 2.83. The van der Waals surface area contributed by atoms with Crippen molar-refractivity contribution in [3.63, 3.8) is 0 Å². The van der Waals surface area contributed by atoms with Gasteiger partial charge < -0.3 is 10.3 Å². The molecule has 150 valence electrons. The van der Waals surface area contributed by atoms with Crippen LogP contribution in [-0.2, 0) is 17.8 Å². The molecular formula is C22H22FN3O2S. The van der Waals surface area contributed by atoms with Crippen molar-refractivity contribution in [3.05, 3.63) is 93.2 Å². The molecular weight excluding hydrogens is 389 g/mol. The quantitative estimate of drug-likeness (QED) is 0.456. The van der Waals surface area contributed by atoms with Crippen LogP contribution in [0.2, 0.25) is 0 Å². The number of aromatic nitrogens is 2. The second-order valence-corrected chi connectivity index (χ2v) is 8.02. The van der Waals surface area contributed by atoms with E-state index in [4.69, 9.17) is 0 Å². The maximum Gasteiger partial charge on any atom is 0.255 e. The predicted molar refractivity (Wildman–Crippen MR) is 112 cm³/mol. The van der Waals surface area contributed by atoms with Gasteiger partial charge in [-0.25, -0.2) is 9.37 Å². The highest BCUT2D eigenvalue weighted by molar-refractivity contribution is 7.99. The molecule has 0 fully saturated rings. The Balaban J connectivity index is 1.63. The summed E-state index contributed by atoms with van der Waals surface area (Å²) in [6.45, 7) is 4.05. The Bertz CT molecular complexity index is 1040. The summed E-state index contributed by atoms with van der Waals surface area (Å²) < 4.78 is 12.9. The number of rotatable bonds is 7. The molecule has 3 aromatic rings. The number of aromatic amines is 1. The first-order valence-electron chi connectivity index (χ1n) is 9.25. The van der Waals surface area contributed by atoms with E-state index >= 15 is 0 Å². The lowest BCUT2D eigenvalue weighted by molar-refractivity contribution is -0.120. The maximum absolute atomic E-state index is 12.9. The van der Waals surface area contributed by atoms with Crippen molar-refractivity contribution in [2.24, 2.45) is 0 Å². The zero-order valence-electron chi connectivity index (χ0n) is 16.2. The first-order chi connectivity index (χ1) is 13.9. The largest absolute Gasteiger partial charge is 0.352 e. The van der Waals surface area contributed by atoms with E-state index in [1.54, 1.807) is 19.1 Å². The van der Waals surface area contributed by atoms with Gasteiger partial charge in [0.15, 0.2) is 5.16 Å². The van der Waals surface area contributed by atoms with Gasteiger partial charge in [-0.1, -0.05) is 54.2 Å². The molecule has 2 aromatic carbocycles. The van der Waals surface area contributed by atoms with E-state index in [0.29, 0.717) is 16.4 Å². The van der Waals surface area contributed by atoms with Gasteiger partial charge in [0.2, 0.25) is 5.91 Å². The smallest absolute Gasteiger partial charge is 0.255 e. The Kier molecular flexibility index (Phi) is 6.82. The zero-order chi connectivity index (χ0) is 20.8. The average molecular weight is 412 g/mol. The number of halogens is 1. The summed E-state index contributed by atoms with van der Waals surface area (Å²) in [6, 6.07) is 15.9. The fraction of sp³-hybridized carbons (Fsp3) is 0.227. The Hall–Kier alpha value is -2.93. The monoisotopic (exact) mass is 411 g/mol. The van der Waals surface area contributed by atoms with Crippen molar-refractivity contribution in [2.75, 3.05) is 0 Å². The van der Waals surface area contributed by atoms with Gasteiger partial charge in [-0.15, -0.1) is 0 Å². The van der Waals surface area contributed by atoms with E-state index in [-0.39, 0.29) is 35.5 Å². The number of amides is 1. The van der Waals surface area contributed by atoms with Crippen molar-refractivity contribution in [3.8, 4) is 0 Å². The molecule has 1 amide bonds. The third-order valence-electron chi connectivity index (χ3n) is 4.50. The van der Waals surface area contributed by atoms with Crippen molar-refractivity contribution in [2.45, 2.75) is 37.2 Å². The fourth-order valence-corrected chi connectivity index (χ4v) is 3.80. The number of carbonyl (C=O) groups excluding carboxylic acids is 1. The van der Waals surface area contributed by atoms with Crippen molar-refractivity contribution >= 4 is 17.7 Å². The molecule has 1 heterocycles. The minimum atomic E-state index is -0.326. The van der Waals surface area contributed by atoms with Crippen LogP contribution in [0.5, 0.6) is 0 Å². The maximum atomic E-state index is 12.9. The molecule has 1 aromatic heterocycles. The molecule has 2 N–H and O–H groups in total. The molecule has 0 aliphatic carbocycles. The molecule has 0 aliphatic rings. The average Bonchev–Trinajstić information content (AvgIpc) is 2.71. The number of thioether (sulfide) groups is 1. The number of nitrogens with zero attached hydrogens (tertiary/aromatic N) is 1. The second kappa shape index (κ2) is 9.52. The number of hydrogen-bond donors (Lipinski definition) is 2. The molecule has 1 atom stereocenters. The van der Waals surface area contributed by atoms with Crippen LogP contribution in [0, 0.1) is 12.7 Å². The third kappa shape index (κ3) is 5.77. The van der Waals surface area contributed by atoms with Crippen LogP contribution in [0.15, 0.2) is 64.5 Å². The number of hydrogen-bond acceptors (Lipinski definition) is 4. The standard InChI is InChI=1S/C22H22FN3O2S/c1-14-19(12-20(27)24-13-16-8-10-18(23)11-9-16)21(28)26-22(25-14)29-15(2)17-6-4-3-5-7-17/h3-11,15H,12-13H2,1-2H3,(H,24,27)(H,25,26,28)/t15-/m1/s1. The van der Waals surface area contributed by atoms with Crippen LogP contribution in [-0.4, -0.2) is 15.9 Å². The molecule has 3 rings (SSSR count). The lowest BCUT2D eigenvalue weighted by Crippen LogP contribution is -2.28. The predicted octanol–water partition coefficient (Wildman–Crippen LogP) is 3.93. The summed E-state index contributed by atoms with van der Waals surface area (Å²) in [7, 11) is 0. The van der Waals surface area contributed by atoms with Crippen LogP contribution < -0.4 is 10.9 Å². The summed E-state index contributed by atoms with van der Waals surface area (Å²) in [6.07, 6.45) is -0.0610. The summed E-state index contributed by atoms with van der Waals surface area (Å²) in [4.78, 5) is 32.0. The topological polar surface area (TPSA) is 74.8 Å². The molecule has 0 radical (unpaired) electrons. The lowest BCUT2D eigenvalue weighted by Gasteiger charge is -2.12.